The number of nitrogens with one attached hydrogen (secondary N) is 2. The molecule has 3 rings (SSSR count). The largest absolute Gasteiger partial charge is 0.497 e. The van der Waals surface area contributed by atoms with Gasteiger partial charge < -0.3 is 20.3 Å². The second kappa shape index (κ2) is 12.0. The number of aromatic nitrogens is 2. The lowest BCUT2D eigenvalue weighted by Crippen LogP contribution is -2.41. The molecule has 0 saturated heterocycles. The van der Waals surface area contributed by atoms with E-state index >= 15 is 0 Å². The summed E-state index contributed by atoms with van der Waals surface area (Å²) in [6.07, 6.45) is 0.776. The standard InChI is InChI=1S/C29H39N5O3/c1-20(2)15-16-33(28(36)30-22-11-13-24(37-7)14-12-22)19-27(35)31-26-18-25(29(4,5)6)32-34(26)23-10-8-9-21(3)17-23/h8-14,17-18,20H,15-16,19H2,1-7H3,(H,30,36)(H,31,35). The van der Waals surface area contributed by atoms with Crippen molar-refractivity contribution in [1.29, 1.82) is 0 Å². The van der Waals surface area contributed by atoms with Crippen LogP contribution in [0.3, 0.4) is 0 Å². The zero-order valence-corrected chi connectivity index (χ0v) is 23.0. The number of carbonyl (C=O) groups excluding carboxylic acids is 2. The van der Waals surface area contributed by atoms with Crippen molar-refractivity contribution >= 4 is 23.4 Å². The van der Waals surface area contributed by atoms with E-state index in [0.29, 0.717) is 29.7 Å². The summed E-state index contributed by atoms with van der Waals surface area (Å²) in [6, 6.07) is 16.6. The molecular weight excluding hydrogens is 466 g/mol. The lowest BCUT2D eigenvalue weighted by molar-refractivity contribution is -0.116. The van der Waals surface area contributed by atoms with Gasteiger partial charge in [-0.3, -0.25) is 4.79 Å². The molecule has 198 valence electrons. The molecular formula is C29H39N5O3. The quantitative estimate of drug-likeness (QED) is 0.373. The van der Waals surface area contributed by atoms with E-state index in [1.807, 2.05) is 37.3 Å². The van der Waals surface area contributed by atoms with Gasteiger partial charge in [0.15, 0.2) is 0 Å². The molecule has 0 spiro atoms. The van der Waals surface area contributed by atoms with Crippen molar-refractivity contribution in [2.45, 2.75) is 53.4 Å². The third-order valence-electron chi connectivity index (χ3n) is 5.93. The first kappa shape index (κ1) is 27.8. The number of rotatable bonds is 9. The average Bonchev–Trinajstić information content (AvgIpc) is 3.26. The predicted molar refractivity (Wildman–Crippen MR) is 149 cm³/mol. The number of carbonyl (C=O) groups is 2. The van der Waals surface area contributed by atoms with Gasteiger partial charge in [-0.25, -0.2) is 9.48 Å². The summed E-state index contributed by atoms with van der Waals surface area (Å²) >= 11 is 0. The van der Waals surface area contributed by atoms with Crippen LogP contribution in [0.25, 0.3) is 5.69 Å². The number of nitrogens with zero attached hydrogens (tertiary/aromatic N) is 3. The molecule has 8 heteroatoms. The summed E-state index contributed by atoms with van der Waals surface area (Å²) in [6.45, 7) is 12.8. The van der Waals surface area contributed by atoms with Gasteiger partial charge in [0.1, 0.15) is 18.1 Å². The van der Waals surface area contributed by atoms with Crippen molar-refractivity contribution in [2.24, 2.45) is 5.92 Å². The number of urea groups is 1. The number of anilines is 2. The summed E-state index contributed by atoms with van der Waals surface area (Å²) < 4.78 is 6.93. The Morgan fingerprint density at radius 1 is 1.05 bits per heavy atom. The molecule has 2 aromatic carbocycles. The van der Waals surface area contributed by atoms with Gasteiger partial charge in [0, 0.05) is 23.7 Å². The fourth-order valence-corrected chi connectivity index (χ4v) is 3.69. The number of hydrogen-bond acceptors (Lipinski definition) is 4. The molecule has 0 saturated carbocycles. The molecule has 2 N–H and O–H groups in total. The van der Waals surface area contributed by atoms with Crippen LogP contribution in [0, 0.1) is 12.8 Å². The van der Waals surface area contributed by atoms with Crippen LogP contribution in [0.2, 0.25) is 0 Å². The van der Waals surface area contributed by atoms with Gasteiger partial charge in [-0.1, -0.05) is 46.8 Å². The molecule has 0 fully saturated rings. The summed E-state index contributed by atoms with van der Waals surface area (Å²) in [5, 5.41) is 10.7. The first-order chi connectivity index (χ1) is 17.5. The Morgan fingerprint density at radius 3 is 2.35 bits per heavy atom. The molecule has 3 aromatic rings. The zero-order valence-electron chi connectivity index (χ0n) is 23.0. The van der Waals surface area contributed by atoms with E-state index < -0.39 is 0 Å². The monoisotopic (exact) mass is 505 g/mol. The smallest absolute Gasteiger partial charge is 0.322 e. The first-order valence-corrected chi connectivity index (χ1v) is 12.6. The highest BCUT2D eigenvalue weighted by Gasteiger charge is 2.23. The van der Waals surface area contributed by atoms with Crippen molar-refractivity contribution in [3.63, 3.8) is 0 Å². The highest BCUT2D eigenvalue weighted by atomic mass is 16.5. The highest BCUT2D eigenvalue weighted by molar-refractivity contribution is 5.96. The van der Waals surface area contributed by atoms with E-state index in [1.165, 1.54) is 4.90 Å². The third-order valence-corrected chi connectivity index (χ3v) is 5.93. The van der Waals surface area contributed by atoms with Gasteiger partial charge >= 0.3 is 6.03 Å². The number of aryl methyl sites for hydroxylation is 1. The predicted octanol–water partition coefficient (Wildman–Crippen LogP) is 6.01. The number of benzene rings is 2. The Morgan fingerprint density at radius 2 is 1.76 bits per heavy atom. The number of ether oxygens (including phenoxy) is 1. The van der Waals surface area contributed by atoms with Gasteiger partial charge in [-0.05, 0) is 61.2 Å². The molecule has 3 amide bonds. The van der Waals surface area contributed by atoms with E-state index in [-0.39, 0.29) is 23.9 Å². The Kier molecular flexibility index (Phi) is 8.97. The maximum atomic E-state index is 13.2. The van der Waals surface area contributed by atoms with Crippen LogP contribution in [0.15, 0.2) is 54.6 Å². The molecule has 0 aliphatic carbocycles. The minimum atomic E-state index is -0.330. The van der Waals surface area contributed by atoms with Gasteiger partial charge in [0.2, 0.25) is 5.91 Å². The Bertz CT molecular complexity index is 1210. The molecule has 1 heterocycles. The van der Waals surface area contributed by atoms with Crippen LogP contribution in [-0.4, -0.2) is 46.8 Å². The molecule has 0 radical (unpaired) electrons. The maximum Gasteiger partial charge on any atom is 0.322 e. The van der Waals surface area contributed by atoms with Crippen LogP contribution < -0.4 is 15.4 Å². The van der Waals surface area contributed by atoms with Crippen molar-refractivity contribution in [1.82, 2.24) is 14.7 Å². The van der Waals surface area contributed by atoms with Gasteiger partial charge in [0.25, 0.3) is 0 Å². The lowest BCUT2D eigenvalue weighted by atomic mass is 9.92. The summed E-state index contributed by atoms with van der Waals surface area (Å²) in [7, 11) is 1.59. The Hall–Kier alpha value is -3.81. The molecule has 37 heavy (non-hydrogen) atoms. The topological polar surface area (TPSA) is 88.5 Å². The minimum Gasteiger partial charge on any atom is -0.497 e. The summed E-state index contributed by atoms with van der Waals surface area (Å²) in [5.74, 6) is 1.37. The molecule has 0 aliphatic heterocycles. The fourth-order valence-electron chi connectivity index (χ4n) is 3.69. The second-order valence-electron chi connectivity index (χ2n) is 10.7. The summed E-state index contributed by atoms with van der Waals surface area (Å²) in [4.78, 5) is 27.9. The Labute approximate surface area is 220 Å². The van der Waals surface area contributed by atoms with Gasteiger partial charge in [-0.2, -0.15) is 5.10 Å². The second-order valence-corrected chi connectivity index (χ2v) is 10.7. The average molecular weight is 506 g/mol. The van der Waals surface area contributed by atoms with Crippen LogP contribution in [0.5, 0.6) is 5.75 Å². The molecule has 0 atom stereocenters. The molecule has 1 aromatic heterocycles. The van der Waals surface area contributed by atoms with E-state index in [4.69, 9.17) is 9.84 Å². The van der Waals surface area contributed by atoms with E-state index in [1.54, 1.807) is 36.1 Å². The van der Waals surface area contributed by atoms with E-state index in [2.05, 4.69) is 45.3 Å². The van der Waals surface area contributed by atoms with Crippen molar-refractivity contribution in [2.75, 3.05) is 30.8 Å². The zero-order chi connectivity index (χ0) is 27.2. The van der Waals surface area contributed by atoms with Crippen LogP contribution in [-0.2, 0) is 10.2 Å². The van der Waals surface area contributed by atoms with E-state index in [0.717, 1.165) is 23.4 Å². The van der Waals surface area contributed by atoms with Gasteiger partial charge in [0.05, 0.1) is 18.5 Å². The van der Waals surface area contributed by atoms with E-state index in [9.17, 15) is 9.59 Å². The SMILES string of the molecule is COc1ccc(NC(=O)N(CCC(C)C)CC(=O)Nc2cc(C(C)(C)C)nn2-c2cccc(C)c2)cc1. The van der Waals surface area contributed by atoms with Crippen LogP contribution >= 0.6 is 0 Å². The molecule has 0 aliphatic rings. The van der Waals surface area contributed by atoms with Crippen LogP contribution in [0.1, 0.15) is 52.3 Å². The third kappa shape index (κ3) is 7.84. The first-order valence-electron chi connectivity index (χ1n) is 12.6. The minimum absolute atomic E-state index is 0.0848. The fraction of sp³-hybridized carbons (Fsp3) is 0.414. The molecule has 0 unspecified atom stereocenters. The number of amides is 3. The Balaban J connectivity index is 1.80. The lowest BCUT2D eigenvalue weighted by Gasteiger charge is -2.23. The number of methoxy groups -OCH3 is 1. The van der Waals surface area contributed by atoms with Crippen LogP contribution in [0.4, 0.5) is 16.3 Å². The van der Waals surface area contributed by atoms with Crippen molar-refractivity contribution in [3.8, 4) is 11.4 Å². The maximum absolute atomic E-state index is 13.2. The highest BCUT2D eigenvalue weighted by Crippen LogP contribution is 2.26. The molecule has 8 nitrogen and oxygen atoms in total. The van der Waals surface area contributed by atoms with Crippen molar-refractivity contribution in [3.05, 3.63) is 65.9 Å². The normalized spacial score (nSPS) is 11.4. The van der Waals surface area contributed by atoms with Gasteiger partial charge in [-0.15, -0.1) is 0 Å². The summed E-state index contributed by atoms with van der Waals surface area (Å²) in [5.41, 5.74) is 3.25. The van der Waals surface area contributed by atoms with Crippen molar-refractivity contribution < 1.29 is 14.3 Å². The molecule has 0 bridgehead atoms. The number of hydrogen-bond donors (Lipinski definition) is 2.